The summed E-state index contributed by atoms with van der Waals surface area (Å²) in [6.45, 7) is 4.62. The zero-order valence-corrected chi connectivity index (χ0v) is 9.83. The lowest BCUT2D eigenvalue weighted by Gasteiger charge is -2.25. The van der Waals surface area contributed by atoms with E-state index in [9.17, 15) is 0 Å². The van der Waals surface area contributed by atoms with Crippen LogP contribution in [0.3, 0.4) is 0 Å². The van der Waals surface area contributed by atoms with Crippen molar-refractivity contribution in [2.75, 3.05) is 26.3 Å². The predicted molar refractivity (Wildman–Crippen MR) is 57.0 cm³/mol. The van der Waals surface area contributed by atoms with Crippen LogP contribution in [0.25, 0.3) is 0 Å². The van der Waals surface area contributed by atoms with Gasteiger partial charge in [-0.3, -0.25) is 4.90 Å². The van der Waals surface area contributed by atoms with Gasteiger partial charge in [-0.2, -0.15) is 0 Å². The third-order valence-electron chi connectivity index (χ3n) is 2.36. The lowest BCUT2D eigenvalue weighted by atomic mass is 10.3. The maximum atomic E-state index is 5.29. The molecule has 1 aromatic rings. The lowest BCUT2D eigenvalue weighted by Crippen LogP contribution is -2.35. The van der Waals surface area contributed by atoms with Crippen LogP contribution >= 0.6 is 15.9 Å². The second kappa shape index (κ2) is 4.42. The highest BCUT2D eigenvalue weighted by atomic mass is 79.9. The first-order valence-corrected chi connectivity index (χ1v) is 5.53. The molecule has 5 heteroatoms. The topological polar surface area (TPSA) is 30.3 Å². The summed E-state index contributed by atoms with van der Waals surface area (Å²) in [7, 11) is 1.99. The normalized spacial score (nSPS) is 18.7. The van der Waals surface area contributed by atoms with E-state index in [-0.39, 0.29) is 0 Å². The van der Waals surface area contributed by atoms with Crippen LogP contribution < -0.4 is 0 Å². The second-order valence-corrected chi connectivity index (χ2v) is 4.21. The van der Waals surface area contributed by atoms with Crippen LogP contribution in [0.1, 0.15) is 5.69 Å². The first-order chi connectivity index (χ1) is 6.75. The van der Waals surface area contributed by atoms with Crippen LogP contribution in [0.5, 0.6) is 0 Å². The highest BCUT2D eigenvalue weighted by molar-refractivity contribution is 9.10. The minimum atomic E-state index is 0.841. The quantitative estimate of drug-likeness (QED) is 0.795. The minimum absolute atomic E-state index is 0.841. The Bertz CT molecular complexity index is 288. The van der Waals surface area contributed by atoms with Gasteiger partial charge in [-0.05, 0) is 15.9 Å². The van der Waals surface area contributed by atoms with Gasteiger partial charge in [0.1, 0.15) is 0 Å². The smallest absolute Gasteiger partial charge is 0.177 e. The molecule has 0 bridgehead atoms. The molecule has 0 spiro atoms. The molecule has 2 rings (SSSR count). The molecule has 2 heterocycles. The van der Waals surface area contributed by atoms with Crippen molar-refractivity contribution in [2.45, 2.75) is 6.54 Å². The van der Waals surface area contributed by atoms with Gasteiger partial charge in [0.05, 0.1) is 18.9 Å². The number of ether oxygens (including phenoxy) is 1. The molecular weight excluding hydrogens is 246 g/mol. The van der Waals surface area contributed by atoms with Crippen molar-refractivity contribution in [3.8, 4) is 0 Å². The van der Waals surface area contributed by atoms with Crippen LogP contribution in [0.4, 0.5) is 0 Å². The van der Waals surface area contributed by atoms with E-state index >= 15 is 0 Å². The summed E-state index contributed by atoms with van der Waals surface area (Å²) >= 11 is 3.39. The molecule has 14 heavy (non-hydrogen) atoms. The van der Waals surface area contributed by atoms with Gasteiger partial charge in [-0.25, -0.2) is 4.98 Å². The lowest BCUT2D eigenvalue weighted by molar-refractivity contribution is 0.0337. The van der Waals surface area contributed by atoms with Gasteiger partial charge in [0, 0.05) is 32.9 Å². The number of hydrogen-bond acceptors (Lipinski definition) is 3. The minimum Gasteiger partial charge on any atom is -0.379 e. The number of morpholine rings is 1. The van der Waals surface area contributed by atoms with Crippen molar-refractivity contribution in [1.82, 2.24) is 14.5 Å². The first-order valence-electron chi connectivity index (χ1n) is 4.73. The van der Waals surface area contributed by atoms with E-state index in [1.54, 1.807) is 0 Å². The number of aromatic nitrogens is 2. The van der Waals surface area contributed by atoms with E-state index in [4.69, 9.17) is 4.74 Å². The molecule has 0 saturated carbocycles. The standard InChI is InChI=1S/C9H14BrN3O/c1-12-6-8(11-9(12)10)7-13-2-4-14-5-3-13/h6H,2-5,7H2,1H3. The highest BCUT2D eigenvalue weighted by Crippen LogP contribution is 2.11. The SMILES string of the molecule is Cn1cc(CN2CCOCC2)nc1Br. The number of halogens is 1. The molecule has 78 valence electrons. The molecule has 0 amide bonds. The number of imidazole rings is 1. The fourth-order valence-corrected chi connectivity index (χ4v) is 1.90. The summed E-state index contributed by atoms with van der Waals surface area (Å²) in [5, 5.41) is 0. The summed E-state index contributed by atoms with van der Waals surface area (Å²) in [5.74, 6) is 0. The van der Waals surface area contributed by atoms with Crippen LogP contribution in [-0.4, -0.2) is 40.8 Å². The summed E-state index contributed by atoms with van der Waals surface area (Å²) in [6.07, 6.45) is 2.06. The van der Waals surface area contributed by atoms with Gasteiger partial charge in [0.15, 0.2) is 4.73 Å². The monoisotopic (exact) mass is 259 g/mol. The Hall–Kier alpha value is -0.390. The largest absolute Gasteiger partial charge is 0.379 e. The Morgan fingerprint density at radius 2 is 2.21 bits per heavy atom. The molecule has 0 unspecified atom stereocenters. The number of hydrogen-bond donors (Lipinski definition) is 0. The Labute approximate surface area is 92.0 Å². The van der Waals surface area contributed by atoms with Crippen molar-refractivity contribution in [1.29, 1.82) is 0 Å². The van der Waals surface area contributed by atoms with Crippen molar-refractivity contribution < 1.29 is 4.74 Å². The zero-order valence-electron chi connectivity index (χ0n) is 8.24. The highest BCUT2D eigenvalue weighted by Gasteiger charge is 2.12. The van der Waals surface area contributed by atoms with Crippen molar-refractivity contribution >= 4 is 15.9 Å². The molecule has 1 fully saturated rings. The van der Waals surface area contributed by atoms with Crippen LogP contribution in [-0.2, 0) is 18.3 Å². The fourth-order valence-electron chi connectivity index (χ4n) is 1.57. The van der Waals surface area contributed by atoms with Crippen LogP contribution in [0.2, 0.25) is 0 Å². The van der Waals surface area contributed by atoms with Gasteiger partial charge >= 0.3 is 0 Å². The number of nitrogens with zero attached hydrogens (tertiary/aromatic N) is 3. The average molecular weight is 260 g/mol. The summed E-state index contributed by atoms with van der Waals surface area (Å²) in [5.41, 5.74) is 1.11. The van der Waals surface area contributed by atoms with Crippen molar-refractivity contribution in [2.24, 2.45) is 7.05 Å². The molecule has 0 aliphatic carbocycles. The number of rotatable bonds is 2. The second-order valence-electron chi connectivity index (χ2n) is 3.50. The molecule has 0 radical (unpaired) electrons. The molecule has 1 aliphatic heterocycles. The Morgan fingerprint density at radius 1 is 1.50 bits per heavy atom. The Kier molecular flexibility index (Phi) is 3.20. The zero-order chi connectivity index (χ0) is 9.97. The predicted octanol–water partition coefficient (Wildman–Crippen LogP) is 1.01. The van der Waals surface area contributed by atoms with E-state index in [0.29, 0.717) is 0 Å². The van der Waals surface area contributed by atoms with Gasteiger partial charge in [0.2, 0.25) is 0 Å². The van der Waals surface area contributed by atoms with Crippen LogP contribution in [0.15, 0.2) is 10.9 Å². The fraction of sp³-hybridized carbons (Fsp3) is 0.667. The van der Waals surface area contributed by atoms with Crippen LogP contribution in [0, 0.1) is 0 Å². The van der Waals surface area contributed by atoms with Gasteiger partial charge < -0.3 is 9.30 Å². The Morgan fingerprint density at radius 3 is 2.79 bits per heavy atom. The van der Waals surface area contributed by atoms with E-state index in [1.807, 2.05) is 11.6 Å². The first kappa shape index (κ1) is 10.1. The number of aryl methyl sites for hydroxylation is 1. The van der Waals surface area contributed by atoms with E-state index in [2.05, 4.69) is 32.0 Å². The molecule has 0 atom stereocenters. The van der Waals surface area contributed by atoms with Gasteiger partial charge in [-0.1, -0.05) is 0 Å². The van der Waals surface area contributed by atoms with E-state index in [0.717, 1.165) is 43.3 Å². The molecule has 1 saturated heterocycles. The summed E-state index contributed by atoms with van der Waals surface area (Å²) < 4.78 is 8.16. The maximum absolute atomic E-state index is 5.29. The molecule has 0 aromatic carbocycles. The molecular formula is C9H14BrN3O. The maximum Gasteiger partial charge on any atom is 0.177 e. The molecule has 4 nitrogen and oxygen atoms in total. The Balaban J connectivity index is 1.95. The van der Waals surface area contributed by atoms with Gasteiger partial charge in [0.25, 0.3) is 0 Å². The van der Waals surface area contributed by atoms with Crippen molar-refractivity contribution in [3.63, 3.8) is 0 Å². The summed E-state index contributed by atoms with van der Waals surface area (Å²) in [6, 6.07) is 0. The molecule has 1 aliphatic rings. The van der Waals surface area contributed by atoms with E-state index in [1.165, 1.54) is 0 Å². The third kappa shape index (κ3) is 2.34. The molecule has 1 aromatic heterocycles. The van der Waals surface area contributed by atoms with Crippen molar-refractivity contribution in [3.05, 3.63) is 16.6 Å². The summed E-state index contributed by atoms with van der Waals surface area (Å²) in [4.78, 5) is 6.76. The van der Waals surface area contributed by atoms with E-state index < -0.39 is 0 Å². The van der Waals surface area contributed by atoms with Gasteiger partial charge in [-0.15, -0.1) is 0 Å². The average Bonchev–Trinajstić information content (AvgIpc) is 2.47. The third-order valence-corrected chi connectivity index (χ3v) is 3.10. The molecule has 0 N–H and O–H groups in total.